The van der Waals surface area contributed by atoms with E-state index < -0.39 is 29.8 Å². The molecule has 0 aliphatic carbocycles. The first-order valence-corrected chi connectivity index (χ1v) is 10.1. The molecule has 0 saturated carbocycles. The van der Waals surface area contributed by atoms with Crippen molar-refractivity contribution in [3.05, 3.63) is 47.5 Å². The molecule has 0 N–H and O–H groups in total. The van der Waals surface area contributed by atoms with E-state index in [1.807, 2.05) is 0 Å². The lowest BCUT2D eigenvalue weighted by Gasteiger charge is -2.20. The zero-order chi connectivity index (χ0) is 24.8. The van der Waals surface area contributed by atoms with Gasteiger partial charge in [0.2, 0.25) is 11.7 Å². The van der Waals surface area contributed by atoms with Crippen LogP contribution in [0.2, 0.25) is 0 Å². The van der Waals surface area contributed by atoms with Gasteiger partial charge >= 0.3 is 12.4 Å². The Labute approximate surface area is 189 Å². The molecule has 1 aliphatic rings. The molecule has 34 heavy (non-hydrogen) atoms. The molecule has 6 nitrogen and oxygen atoms in total. The minimum atomic E-state index is -4.99. The van der Waals surface area contributed by atoms with Crippen molar-refractivity contribution in [2.75, 3.05) is 11.4 Å². The number of amides is 1. The van der Waals surface area contributed by atoms with Gasteiger partial charge in [0.05, 0.1) is 5.56 Å². The Balaban J connectivity index is 1.69. The van der Waals surface area contributed by atoms with Gasteiger partial charge in [-0.1, -0.05) is 17.3 Å². The average molecular weight is 485 g/mol. The van der Waals surface area contributed by atoms with Crippen molar-refractivity contribution in [1.29, 1.82) is 0 Å². The lowest BCUT2D eigenvalue weighted by molar-refractivity contribution is -0.191. The van der Waals surface area contributed by atoms with Gasteiger partial charge in [-0.3, -0.25) is 4.79 Å². The highest BCUT2D eigenvalue weighted by Gasteiger charge is 2.41. The van der Waals surface area contributed by atoms with Crippen molar-refractivity contribution in [1.82, 2.24) is 10.1 Å². The Hall–Kier alpha value is -3.57. The summed E-state index contributed by atoms with van der Waals surface area (Å²) >= 11 is 0. The molecular weight excluding hydrogens is 468 g/mol. The fourth-order valence-electron chi connectivity index (χ4n) is 3.67. The summed E-state index contributed by atoms with van der Waals surface area (Å²) < 4.78 is 88.7. The number of hydrogen-bond acceptors (Lipinski definition) is 5. The van der Waals surface area contributed by atoms with E-state index in [0.717, 1.165) is 17.7 Å². The van der Waals surface area contributed by atoms with Crippen LogP contribution >= 0.6 is 0 Å². The van der Waals surface area contributed by atoms with E-state index in [9.17, 15) is 31.1 Å². The summed E-state index contributed by atoms with van der Waals surface area (Å²) in [6.45, 7) is 2.53. The molecule has 0 radical (unpaired) electrons. The molecule has 0 bridgehead atoms. The summed E-state index contributed by atoms with van der Waals surface area (Å²) in [5.41, 5.74) is 0.503. The highest BCUT2D eigenvalue weighted by atomic mass is 19.4. The van der Waals surface area contributed by atoms with E-state index in [4.69, 9.17) is 4.52 Å². The van der Waals surface area contributed by atoms with Crippen LogP contribution in [0.5, 0.6) is 5.75 Å². The molecule has 4 rings (SSSR count). The molecule has 3 aromatic rings. The SMILES string of the molecule is CC(=O)N1CCc2c(-c3noc(-c4ccc(OC(C)C(F)(F)F)c(C(F)(F)F)c4)n3)cccc21. The molecule has 1 unspecified atom stereocenters. The van der Waals surface area contributed by atoms with Crippen molar-refractivity contribution < 1.29 is 40.4 Å². The molecular formula is C22H17F6N3O3. The van der Waals surface area contributed by atoms with Crippen LogP contribution in [0.3, 0.4) is 0 Å². The first kappa shape index (κ1) is 23.6. The number of ether oxygens (including phenoxy) is 1. The summed E-state index contributed by atoms with van der Waals surface area (Å²) in [6, 6.07) is 7.66. The Morgan fingerprint density at radius 2 is 1.88 bits per heavy atom. The third-order valence-corrected chi connectivity index (χ3v) is 5.37. The molecule has 0 spiro atoms. The lowest BCUT2D eigenvalue weighted by atomic mass is 10.0. The normalized spacial score (nSPS) is 14.8. The quantitative estimate of drug-likeness (QED) is 0.446. The molecule has 2 aromatic carbocycles. The molecule has 12 heteroatoms. The van der Waals surface area contributed by atoms with E-state index >= 15 is 0 Å². The van der Waals surface area contributed by atoms with Crippen LogP contribution < -0.4 is 9.64 Å². The number of alkyl halides is 6. The van der Waals surface area contributed by atoms with Gasteiger partial charge in [0.1, 0.15) is 5.75 Å². The maximum atomic E-state index is 13.6. The topological polar surface area (TPSA) is 68.5 Å². The van der Waals surface area contributed by atoms with E-state index in [1.54, 1.807) is 23.1 Å². The smallest absolute Gasteiger partial charge is 0.425 e. The first-order chi connectivity index (χ1) is 15.9. The number of aromatic nitrogens is 2. The van der Waals surface area contributed by atoms with Crippen LogP contribution in [-0.4, -0.2) is 34.9 Å². The van der Waals surface area contributed by atoms with Gasteiger partial charge in [0, 0.05) is 30.3 Å². The average Bonchev–Trinajstić information content (AvgIpc) is 3.40. The van der Waals surface area contributed by atoms with Gasteiger partial charge in [0.15, 0.2) is 6.10 Å². The highest BCUT2D eigenvalue weighted by Crippen LogP contribution is 2.41. The summed E-state index contributed by atoms with van der Waals surface area (Å²) in [5.74, 6) is -1.25. The summed E-state index contributed by atoms with van der Waals surface area (Å²) in [5, 5.41) is 3.85. The van der Waals surface area contributed by atoms with Crippen molar-refractivity contribution >= 4 is 11.6 Å². The van der Waals surface area contributed by atoms with Crippen LogP contribution in [0.4, 0.5) is 32.0 Å². The van der Waals surface area contributed by atoms with Crippen LogP contribution in [0.25, 0.3) is 22.8 Å². The fraction of sp³-hybridized carbons (Fsp3) is 0.318. The van der Waals surface area contributed by atoms with E-state index in [2.05, 4.69) is 14.9 Å². The standard InChI is InChI=1S/C22H17F6N3O3/c1-11(21(23,24)25)33-18-7-6-13(10-16(18)22(26,27)28)20-29-19(30-34-20)15-4-3-5-17-14(15)8-9-31(17)12(2)32/h3-7,10-11H,8-9H2,1-2H3. The first-order valence-electron chi connectivity index (χ1n) is 10.1. The van der Waals surface area contributed by atoms with Crippen molar-refractivity contribution in [2.45, 2.75) is 38.7 Å². The molecule has 2 heterocycles. The van der Waals surface area contributed by atoms with Crippen LogP contribution in [0.1, 0.15) is 25.0 Å². The predicted molar refractivity (Wildman–Crippen MR) is 108 cm³/mol. The van der Waals surface area contributed by atoms with Gasteiger partial charge in [-0.25, -0.2) is 0 Å². The molecule has 0 fully saturated rings. The number of nitrogens with zero attached hydrogens (tertiary/aromatic N) is 3. The maximum Gasteiger partial charge on any atom is 0.425 e. The Morgan fingerprint density at radius 1 is 1.15 bits per heavy atom. The maximum absolute atomic E-state index is 13.6. The second kappa shape index (κ2) is 8.33. The van der Waals surface area contributed by atoms with Gasteiger partial charge in [-0.15, -0.1) is 0 Å². The largest absolute Gasteiger partial charge is 0.481 e. The summed E-state index contributed by atoms with van der Waals surface area (Å²) in [4.78, 5) is 17.6. The monoisotopic (exact) mass is 485 g/mol. The van der Waals surface area contributed by atoms with Crippen molar-refractivity contribution in [3.63, 3.8) is 0 Å². The Morgan fingerprint density at radius 3 is 2.53 bits per heavy atom. The summed E-state index contributed by atoms with van der Waals surface area (Å²) in [6.07, 6.45) is -11.7. The lowest BCUT2D eigenvalue weighted by Crippen LogP contribution is -2.31. The molecule has 180 valence electrons. The second-order valence-corrected chi connectivity index (χ2v) is 7.66. The number of rotatable bonds is 4. The Kier molecular flexibility index (Phi) is 5.78. The fourth-order valence-corrected chi connectivity index (χ4v) is 3.67. The summed E-state index contributed by atoms with van der Waals surface area (Å²) in [7, 11) is 0. The van der Waals surface area contributed by atoms with E-state index in [0.29, 0.717) is 37.2 Å². The Bertz CT molecular complexity index is 1240. The van der Waals surface area contributed by atoms with Crippen LogP contribution in [0, 0.1) is 0 Å². The third-order valence-electron chi connectivity index (χ3n) is 5.37. The van der Waals surface area contributed by atoms with Gasteiger partial charge in [-0.2, -0.15) is 31.3 Å². The highest BCUT2D eigenvalue weighted by molar-refractivity contribution is 5.95. The zero-order valence-corrected chi connectivity index (χ0v) is 17.8. The molecule has 1 amide bonds. The van der Waals surface area contributed by atoms with E-state index in [-0.39, 0.29) is 23.2 Å². The number of carbonyl (C=O) groups excluding carboxylic acids is 1. The third kappa shape index (κ3) is 4.44. The minimum Gasteiger partial charge on any atom is -0.481 e. The predicted octanol–water partition coefficient (Wildman–Crippen LogP) is 5.66. The van der Waals surface area contributed by atoms with Gasteiger partial charge < -0.3 is 14.2 Å². The number of anilines is 1. The minimum absolute atomic E-state index is 0.108. The van der Waals surface area contributed by atoms with Crippen molar-refractivity contribution in [2.24, 2.45) is 0 Å². The number of fused-ring (bicyclic) bond motifs is 1. The number of hydrogen-bond donors (Lipinski definition) is 0. The molecule has 0 saturated heterocycles. The molecule has 1 aromatic heterocycles. The zero-order valence-electron chi connectivity index (χ0n) is 17.8. The number of carbonyl (C=O) groups is 1. The van der Waals surface area contributed by atoms with Crippen molar-refractivity contribution in [3.8, 4) is 28.6 Å². The van der Waals surface area contributed by atoms with Crippen LogP contribution in [-0.2, 0) is 17.4 Å². The van der Waals surface area contributed by atoms with Gasteiger partial charge in [-0.05, 0) is 43.2 Å². The molecule has 1 aliphatic heterocycles. The number of halogens is 6. The second-order valence-electron chi connectivity index (χ2n) is 7.66. The number of benzene rings is 2. The van der Waals surface area contributed by atoms with Crippen LogP contribution in [0.15, 0.2) is 40.9 Å². The molecule has 1 atom stereocenters. The van der Waals surface area contributed by atoms with Gasteiger partial charge in [0.25, 0.3) is 5.89 Å². The van der Waals surface area contributed by atoms with E-state index in [1.165, 1.54) is 6.92 Å².